The van der Waals surface area contributed by atoms with E-state index in [-0.39, 0.29) is 38.1 Å². The van der Waals surface area contributed by atoms with Gasteiger partial charge in [-0.25, -0.2) is 0 Å². The average Bonchev–Trinajstić information content (AvgIpc) is 2.99. The maximum absolute atomic E-state index is 11.7. The van der Waals surface area contributed by atoms with Gasteiger partial charge in [0.2, 0.25) is 0 Å². The number of rotatable bonds is 3. The molecule has 0 saturated carbocycles. The van der Waals surface area contributed by atoms with Crippen molar-refractivity contribution in [3.63, 3.8) is 0 Å². The van der Waals surface area contributed by atoms with Crippen LogP contribution < -0.4 is 5.63 Å². The molecule has 2 aromatic heterocycles. The second-order valence-corrected chi connectivity index (χ2v) is 4.89. The fourth-order valence-corrected chi connectivity index (χ4v) is 1.89. The number of aromatic nitrogens is 2. The number of para-hydroxylation sites is 1. The van der Waals surface area contributed by atoms with E-state index in [1.165, 1.54) is 18.5 Å². The van der Waals surface area contributed by atoms with Gasteiger partial charge in [0.25, 0.3) is 5.63 Å². The van der Waals surface area contributed by atoms with Crippen LogP contribution in [0.1, 0.15) is 20.3 Å². The molecule has 6 nitrogen and oxygen atoms in total. The molecule has 3 rings (SSSR count). The fourth-order valence-electron chi connectivity index (χ4n) is 1.89. The normalized spacial score (nSPS) is 9.58. The van der Waals surface area contributed by atoms with Crippen molar-refractivity contribution in [3.05, 3.63) is 59.2 Å². The third-order valence-corrected chi connectivity index (χ3v) is 2.77. The molecule has 0 saturated heterocycles. The minimum Gasteiger partial charge on any atom is -0.513 e. The molecule has 0 fully saturated rings. The molecule has 0 bridgehead atoms. The Kier molecular flexibility index (Phi) is 7.42. The number of fused-ring (bicyclic) bond motifs is 1. The van der Waals surface area contributed by atoms with E-state index in [2.05, 4.69) is 11.2 Å². The first-order valence-electron chi connectivity index (χ1n) is 6.91. The smallest absolute Gasteiger partial charge is 0.274 e. The molecule has 0 aliphatic rings. The Bertz CT molecular complexity index is 873. The molecule has 127 valence electrons. The van der Waals surface area contributed by atoms with Crippen LogP contribution in [0, 0.1) is 6.07 Å². The summed E-state index contributed by atoms with van der Waals surface area (Å²) in [6, 6.07) is 12.0. The van der Waals surface area contributed by atoms with Crippen molar-refractivity contribution in [1.29, 1.82) is 0 Å². The predicted octanol–water partition coefficient (Wildman–Crippen LogP) is 2.33. The van der Waals surface area contributed by atoms with Gasteiger partial charge in [-0.3, -0.25) is 14.3 Å². The van der Waals surface area contributed by atoms with Gasteiger partial charge in [0.1, 0.15) is 11.6 Å². The van der Waals surface area contributed by atoms with E-state index in [1.54, 1.807) is 24.5 Å². The quantitative estimate of drug-likeness (QED) is 0.311. The summed E-state index contributed by atoms with van der Waals surface area (Å²) in [6.07, 6.45) is 3.36. The number of hydrogen-bond acceptors (Lipinski definition) is 5. The van der Waals surface area contributed by atoms with Crippen molar-refractivity contribution in [2.24, 2.45) is 0 Å². The van der Waals surface area contributed by atoms with Gasteiger partial charge in [0.15, 0.2) is 0 Å². The van der Waals surface area contributed by atoms with E-state index >= 15 is 0 Å². The van der Waals surface area contributed by atoms with Gasteiger partial charge in [-0.1, -0.05) is 12.1 Å². The Hall–Kier alpha value is -2.37. The summed E-state index contributed by atoms with van der Waals surface area (Å²) < 4.78 is 6.61. The fraction of sp³-hybridized carbons (Fsp3) is 0.176. The monoisotopic (exact) mass is 504 g/mol. The molecular formula is C17H15IrN2O4-. The second-order valence-electron chi connectivity index (χ2n) is 4.89. The second kappa shape index (κ2) is 9.05. The third-order valence-electron chi connectivity index (χ3n) is 2.77. The minimum absolute atomic E-state index is 0. The van der Waals surface area contributed by atoms with E-state index in [4.69, 9.17) is 4.42 Å². The van der Waals surface area contributed by atoms with Gasteiger partial charge in [-0.2, -0.15) is 5.10 Å². The Morgan fingerprint density at radius 2 is 1.83 bits per heavy atom. The molecule has 7 heteroatoms. The SMILES string of the molecule is CC(=O)CC(C)=O.O=c1oc2ccccc2[c-]c1-n1cccn1.[Ir]. The van der Waals surface area contributed by atoms with Crippen LogP contribution in [-0.4, -0.2) is 21.3 Å². The van der Waals surface area contributed by atoms with E-state index in [0.29, 0.717) is 11.3 Å². The maximum atomic E-state index is 11.7. The summed E-state index contributed by atoms with van der Waals surface area (Å²) >= 11 is 0. The summed E-state index contributed by atoms with van der Waals surface area (Å²) in [7, 11) is 0. The van der Waals surface area contributed by atoms with E-state index in [1.807, 2.05) is 18.2 Å². The van der Waals surface area contributed by atoms with Crippen molar-refractivity contribution in [2.45, 2.75) is 20.3 Å². The van der Waals surface area contributed by atoms with Gasteiger partial charge in [-0.05, 0) is 19.9 Å². The summed E-state index contributed by atoms with van der Waals surface area (Å²) in [6.45, 7) is 2.81. The molecule has 1 radical (unpaired) electrons. The first-order valence-corrected chi connectivity index (χ1v) is 6.91. The molecular weight excluding hydrogens is 488 g/mol. The first-order chi connectivity index (χ1) is 11.0. The molecule has 3 aromatic rings. The van der Waals surface area contributed by atoms with E-state index < -0.39 is 5.63 Å². The van der Waals surface area contributed by atoms with Crippen molar-refractivity contribution in [3.8, 4) is 5.69 Å². The molecule has 24 heavy (non-hydrogen) atoms. The maximum Gasteiger partial charge on any atom is 0.274 e. The van der Waals surface area contributed by atoms with Crippen molar-refractivity contribution in [2.75, 3.05) is 0 Å². The zero-order chi connectivity index (χ0) is 16.8. The van der Waals surface area contributed by atoms with Crippen LogP contribution in [-0.2, 0) is 29.7 Å². The molecule has 0 aliphatic carbocycles. The molecule has 0 amide bonds. The Balaban J connectivity index is 0.000000312. The average molecular weight is 504 g/mol. The molecule has 0 aliphatic heterocycles. The third kappa shape index (κ3) is 5.37. The summed E-state index contributed by atoms with van der Waals surface area (Å²) in [5, 5.41) is 4.74. The van der Waals surface area contributed by atoms with Crippen molar-refractivity contribution >= 4 is 22.5 Å². The van der Waals surface area contributed by atoms with Crippen LogP contribution in [0.4, 0.5) is 0 Å². The van der Waals surface area contributed by atoms with E-state index in [9.17, 15) is 14.4 Å². The van der Waals surface area contributed by atoms with Gasteiger partial charge in [0, 0.05) is 38.1 Å². The summed E-state index contributed by atoms with van der Waals surface area (Å²) in [5.74, 6) is -0.125. The van der Waals surface area contributed by atoms with Gasteiger partial charge < -0.3 is 9.21 Å². The molecule has 1 aromatic carbocycles. The van der Waals surface area contributed by atoms with Crippen molar-refractivity contribution < 1.29 is 34.1 Å². The number of carbonyl (C=O) groups excluding carboxylic acids is 2. The van der Waals surface area contributed by atoms with Crippen molar-refractivity contribution in [1.82, 2.24) is 9.78 Å². The van der Waals surface area contributed by atoms with Gasteiger partial charge in [0.05, 0.1) is 12.1 Å². The number of benzene rings is 1. The number of hydrogen-bond donors (Lipinski definition) is 0. The topological polar surface area (TPSA) is 82.2 Å². The zero-order valence-corrected chi connectivity index (χ0v) is 15.5. The Morgan fingerprint density at radius 3 is 2.38 bits per heavy atom. The van der Waals surface area contributed by atoms with Gasteiger partial charge in [-0.15, -0.1) is 23.6 Å². The molecule has 0 atom stereocenters. The molecule has 0 N–H and O–H groups in total. The number of nitrogens with zero attached hydrogens (tertiary/aromatic N) is 2. The first kappa shape index (κ1) is 19.7. The molecule has 0 spiro atoms. The number of Topliss-reactive ketones (excluding diaryl/α,β-unsaturated/α-hetero) is 2. The zero-order valence-electron chi connectivity index (χ0n) is 13.1. The molecule has 0 unspecified atom stereocenters. The Morgan fingerprint density at radius 1 is 1.17 bits per heavy atom. The van der Waals surface area contributed by atoms with Gasteiger partial charge >= 0.3 is 0 Å². The number of carbonyl (C=O) groups is 2. The van der Waals surface area contributed by atoms with Crippen LogP contribution in [0.25, 0.3) is 16.7 Å². The van der Waals surface area contributed by atoms with Crippen LogP contribution in [0.5, 0.6) is 0 Å². The number of ketones is 2. The standard InChI is InChI=1S/C12H7N2O2.C5H8O2.Ir/c15-12-10(14-7-3-6-13-14)8-9-4-1-2-5-11(9)16-12;1-4(6)3-5(2)7;/h1-7H;3H2,1-2H3;/q-1;;. The van der Waals surface area contributed by atoms with Crippen LogP contribution >= 0.6 is 0 Å². The van der Waals surface area contributed by atoms with Crippen LogP contribution in [0.3, 0.4) is 0 Å². The predicted molar refractivity (Wildman–Crippen MR) is 84.4 cm³/mol. The largest absolute Gasteiger partial charge is 0.513 e. The Labute approximate surface area is 151 Å². The summed E-state index contributed by atoms with van der Waals surface area (Å²) in [4.78, 5) is 31.7. The minimum atomic E-state index is -0.442. The van der Waals surface area contributed by atoms with E-state index in [0.717, 1.165) is 5.39 Å². The van der Waals surface area contributed by atoms with Crippen LogP contribution in [0.15, 0.2) is 51.9 Å². The van der Waals surface area contributed by atoms with Crippen LogP contribution in [0.2, 0.25) is 0 Å². The summed E-state index contributed by atoms with van der Waals surface area (Å²) in [5.41, 5.74) is 0.384. The molecule has 2 heterocycles.